The third-order valence-electron chi connectivity index (χ3n) is 3.99. The molecule has 6 heteroatoms. The lowest BCUT2D eigenvalue weighted by Crippen LogP contribution is -2.43. The van der Waals surface area contributed by atoms with Gasteiger partial charge in [0.1, 0.15) is 0 Å². The standard InChI is InChI=1S/C15H18N2O4/c18-14(19)7-9-1-3-10(4-2-9)16-15(20)17-12-8-11-5-6-13(12)21-11/h1-4,11-13H,5-8H2,(H,18,19)(H2,16,17,20). The molecule has 3 N–H and O–H groups in total. The molecule has 6 nitrogen and oxygen atoms in total. The number of nitrogens with one attached hydrogen (secondary N) is 2. The topological polar surface area (TPSA) is 87.7 Å². The van der Waals surface area contributed by atoms with Gasteiger partial charge in [-0.05, 0) is 37.0 Å². The average Bonchev–Trinajstić information content (AvgIpc) is 3.02. The second kappa shape index (κ2) is 5.73. The Morgan fingerprint density at radius 3 is 2.57 bits per heavy atom. The van der Waals surface area contributed by atoms with Gasteiger partial charge in [-0.25, -0.2) is 4.79 Å². The van der Waals surface area contributed by atoms with E-state index in [1.165, 1.54) is 0 Å². The largest absolute Gasteiger partial charge is 0.481 e. The fraction of sp³-hybridized carbons (Fsp3) is 0.467. The molecule has 2 aliphatic heterocycles. The number of amides is 2. The number of fused-ring (bicyclic) bond motifs is 2. The maximum absolute atomic E-state index is 11.9. The maximum atomic E-state index is 11.9. The predicted molar refractivity (Wildman–Crippen MR) is 76.2 cm³/mol. The molecule has 0 spiro atoms. The SMILES string of the molecule is O=C(O)Cc1ccc(NC(=O)NC2CC3CCC2O3)cc1. The number of aliphatic carboxylic acids is 1. The van der Waals surface area contributed by atoms with E-state index in [0.717, 1.165) is 19.3 Å². The summed E-state index contributed by atoms with van der Waals surface area (Å²) in [6.07, 6.45) is 3.42. The Hall–Kier alpha value is -2.08. The van der Waals surface area contributed by atoms with Gasteiger partial charge in [-0.3, -0.25) is 4.79 Å². The monoisotopic (exact) mass is 290 g/mol. The number of rotatable bonds is 4. The number of carbonyl (C=O) groups excluding carboxylic acids is 1. The van der Waals surface area contributed by atoms with E-state index in [1.807, 2.05) is 0 Å². The number of carboxylic acid groups (broad SMARTS) is 1. The fourth-order valence-corrected chi connectivity index (χ4v) is 3.01. The summed E-state index contributed by atoms with van der Waals surface area (Å²) in [5.41, 5.74) is 1.35. The van der Waals surface area contributed by atoms with Gasteiger partial charge in [-0.2, -0.15) is 0 Å². The number of anilines is 1. The molecule has 0 saturated carbocycles. The molecule has 2 amide bonds. The molecule has 1 aromatic carbocycles. The van der Waals surface area contributed by atoms with Crippen molar-refractivity contribution in [2.75, 3.05) is 5.32 Å². The zero-order chi connectivity index (χ0) is 14.8. The Bertz CT molecular complexity index is 543. The van der Waals surface area contributed by atoms with Crippen LogP contribution >= 0.6 is 0 Å². The van der Waals surface area contributed by atoms with E-state index in [4.69, 9.17) is 9.84 Å². The van der Waals surface area contributed by atoms with Gasteiger partial charge in [0.15, 0.2) is 0 Å². The van der Waals surface area contributed by atoms with Gasteiger partial charge in [-0.1, -0.05) is 12.1 Å². The van der Waals surface area contributed by atoms with Crippen LogP contribution in [0.1, 0.15) is 24.8 Å². The van der Waals surface area contributed by atoms with Crippen molar-refractivity contribution in [1.29, 1.82) is 0 Å². The second-order valence-corrected chi connectivity index (χ2v) is 5.58. The summed E-state index contributed by atoms with van der Waals surface area (Å²) in [7, 11) is 0. The normalized spacial score (nSPS) is 26.6. The number of benzene rings is 1. The van der Waals surface area contributed by atoms with Crippen molar-refractivity contribution in [2.45, 2.75) is 43.9 Å². The van der Waals surface area contributed by atoms with Gasteiger partial charge >= 0.3 is 12.0 Å². The minimum atomic E-state index is -0.871. The van der Waals surface area contributed by atoms with Crippen LogP contribution in [-0.2, 0) is 16.0 Å². The van der Waals surface area contributed by atoms with Crippen molar-refractivity contribution in [2.24, 2.45) is 0 Å². The lowest BCUT2D eigenvalue weighted by molar-refractivity contribution is -0.136. The summed E-state index contributed by atoms with van der Waals surface area (Å²) in [5.74, 6) is -0.871. The number of carboxylic acids is 1. The molecule has 3 unspecified atom stereocenters. The summed E-state index contributed by atoms with van der Waals surface area (Å²) in [6, 6.07) is 6.65. The molecule has 1 aromatic rings. The van der Waals surface area contributed by atoms with Crippen LogP contribution in [0.4, 0.5) is 10.5 Å². The minimum absolute atomic E-state index is 0.0189. The quantitative estimate of drug-likeness (QED) is 0.788. The lowest BCUT2D eigenvalue weighted by Gasteiger charge is -2.20. The van der Waals surface area contributed by atoms with Gasteiger partial charge in [0.25, 0.3) is 0 Å². The summed E-state index contributed by atoms with van der Waals surface area (Å²) >= 11 is 0. The molecular weight excluding hydrogens is 272 g/mol. The first-order valence-electron chi connectivity index (χ1n) is 7.14. The van der Waals surface area contributed by atoms with Crippen LogP contribution in [0.15, 0.2) is 24.3 Å². The van der Waals surface area contributed by atoms with Gasteiger partial charge in [0.05, 0.1) is 24.7 Å². The van der Waals surface area contributed by atoms with Crippen molar-refractivity contribution in [3.05, 3.63) is 29.8 Å². The number of hydrogen-bond donors (Lipinski definition) is 3. The summed E-state index contributed by atoms with van der Waals surface area (Å²) in [6.45, 7) is 0. The molecule has 21 heavy (non-hydrogen) atoms. The van der Waals surface area contributed by atoms with E-state index in [9.17, 15) is 9.59 Å². The molecule has 112 valence electrons. The molecule has 2 bridgehead atoms. The van der Waals surface area contributed by atoms with Crippen LogP contribution in [0.5, 0.6) is 0 Å². The van der Waals surface area contributed by atoms with E-state index < -0.39 is 5.97 Å². The summed E-state index contributed by atoms with van der Waals surface area (Å²) < 4.78 is 5.69. The van der Waals surface area contributed by atoms with Crippen molar-refractivity contribution in [3.63, 3.8) is 0 Å². The molecule has 2 heterocycles. The third-order valence-corrected chi connectivity index (χ3v) is 3.99. The van der Waals surface area contributed by atoms with Gasteiger partial charge < -0.3 is 20.5 Å². The fourth-order valence-electron chi connectivity index (χ4n) is 3.01. The molecule has 0 radical (unpaired) electrons. The average molecular weight is 290 g/mol. The molecule has 3 atom stereocenters. The Labute approximate surface area is 122 Å². The Morgan fingerprint density at radius 2 is 2.00 bits per heavy atom. The van der Waals surface area contributed by atoms with E-state index in [1.54, 1.807) is 24.3 Å². The van der Waals surface area contributed by atoms with Crippen LogP contribution < -0.4 is 10.6 Å². The van der Waals surface area contributed by atoms with Crippen LogP contribution in [0.25, 0.3) is 0 Å². The number of ether oxygens (including phenoxy) is 1. The zero-order valence-corrected chi connectivity index (χ0v) is 11.5. The highest BCUT2D eigenvalue weighted by atomic mass is 16.5. The highest BCUT2D eigenvalue weighted by molar-refractivity contribution is 5.89. The van der Waals surface area contributed by atoms with Crippen LogP contribution in [-0.4, -0.2) is 35.4 Å². The molecule has 2 aliphatic rings. The van der Waals surface area contributed by atoms with Crippen LogP contribution in [0.2, 0.25) is 0 Å². The zero-order valence-electron chi connectivity index (χ0n) is 11.5. The highest BCUT2D eigenvalue weighted by Gasteiger charge is 2.41. The smallest absolute Gasteiger partial charge is 0.319 e. The van der Waals surface area contributed by atoms with Crippen LogP contribution in [0, 0.1) is 0 Å². The first-order chi connectivity index (χ1) is 10.1. The van der Waals surface area contributed by atoms with E-state index in [-0.39, 0.29) is 24.6 Å². The first-order valence-corrected chi connectivity index (χ1v) is 7.14. The Kier molecular flexibility index (Phi) is 3.79. The van der Waals surface area contributed by atoms with E-state index in [2.05, 4.69) is 10.6 Å². The molecule has 2 fully saturated rings. The Balaban J connectivity index is 1.51. The number of hydrogen-bond acceptors (Lipinski definition) is 3. The van der Waals surface area contributed by atoms with Gasteiger partial charge in [0.2, 0.25) is 0 Å². The van der Waals surface area contributed by atoms with E-state index >= 15 is 0 Å². The third kappa shape index (κ3) is 3.33. The Morgan fingerprint density at radius 1 is 1.24 bits per heavy atom. The van der Waals surface area contributed by atoms with Gasteiger partial charge in [-0.15, -0.1) is 0 Å². The summed E-state index contributed by atoms with van der Waals surface area (Å²) in [4.78, 5) is 22.5. The molecular formula is C15H18N2O4. The first kappa shape index (κ1) is 13.9. The van der Waals surface area contributed by atoms with Crippen molar-refractivity contribution in [3.8, 4) is 0 Å². The van der Waals surface area contributed by atoms with Crippen molar-refractivity contribution < 1.29 is 19.4 Å². The highest BCUT2D eigenvalue weighted by Crippen LogP contribution is 2.34. The number of urea groups is 1. The molecule has 0 aromatic heterocycles. The van der Waals surface area contributed by atoms with E-state index in [0.29, 0.717) is 17.4 Å². The maximum Gasteiger partial charge on any atom is 0.319 e. The molecule has 2 saturated heterocycles. The second-order valence-electron chi connectivity index (χ2n) is 5.58. The molecule has 3 rings (SSSR count). The van der Waals surface area contributed by atoms with Crippen molar-refractivity contribution in [1.82, 2.24) is 5.32 Å². The lowest BCUT2D eigenvalue weighted by atomic mass is 9.96. The van der Waals surface area contributed by atoms with Crippen LogP contribution in [0.3, 0.4) is 0 Å². The predicted octanol–water partition coefficient (Wildman–Crippen LogP) is 1.76. The number of carbonyl (C=O) groups is 2. The molecule has 0 aliphatic carbocycles. The minimum Gasteiger partial charge on any atom is -0.481 e. The van der Waals surface area contributed by atoms with Crippen molar-refractivity contribution >= 4 is 17.7 Å². The summed E-state index contributed by atoms with van der Waals surface area (Å²) in [5, 5.41) is 14.4. The van der Waals surface area contributed by atoms with Gasteiger partial charge in [0, 0.05) is 5.69 Å².